The molecule has 21 heavy (non-hydrogen) atoms. The molecule has 3 rings (SSSR count). The van der Waals surface area contributed by atoms with Gasteiger partial charge in [0.1, 0.15) is 5.56 Å². The number of carbonyl (C=O) groups is 1. The number of para-hydroxylation sites is 1. The summed E-state index contributed by atoms with van der Waals surface area (Å²) in [7, 11) is 0. The predicted octanol–water partition coefficient (Wildman–Crippen LogP) is 1.40. The molecule has 1 amide bonds. The molecule has 2 N–H and O–H groups in total. The second kappa shape index (κ2) is 4.67. The lowest BCUT2D eigenvalue weighted by molar-refractivity contribution is -0.384. The normalized spacial score (nSPS) is 10.7. The van der Waals surface area contributed by atoms with Gasteiger partial charge < -0.3 is 5.73 Å². The van der Waals surface area contributed by atoms with Crippen LogP contribution in [0.2, 0.25) is 0 Å². The average molecular weight is 283 g/mol. The molecule has 0 saturated carbocycles. The minimum absolute atomic E-state index is 0.0545. The SMILES string of the molecule is NC(=O)c1cnn2c(-c3ccccc3[N+](=O)[O-])ccnc12. The van der Waals surface area contributed by atoms with Crippen molar-refractivity contribution in [2.45, 2.75) is 0 Å². The van der Waals surface area contributed by atoms with Crippen LogP contribution >= 0.6 is 0 Å². The van der Waals surface area contributed by atoms with Crippen molar-refractivity contribution in [3.63, 3.8) is 0 Å². The number of nitrogens with zero attached hydrogens (tertiary/aromatic N) is 4. The summed E-state index contributed by atoms with van der Waals surface area (Å²) >= 11 is 0. The Bertz CT molecular complexity index is 871. The topological polar surface area (TPSA) is 116 Å². The van der Waals surface area contributed by atoms with E-state index in [-0.39, 0.29) is 16.9 Å². The molecule has 0 spiro atoms. The molecule has 0 saturated heterocycles. The molecule has 0 aliphatic heterocycles. The number of amides is 1. The Morgan fingerprint density at radius 2 is 2.05 bits per heavy atom. The molecule has 8 heteroatoms. The standard InChI is InChI=1S/C13H9N5O3/c14-12(19)9-7-16-17-10(5-6-15-13(9)17)8-3-1-2-4-11(8)18(20)21/h1-7H,(H2,14,19). The Balaban J connectivity index is 2.32. The monoisotopic (exact) mass is 283 g/mol. The molecule has 2 aromatic heterocycles. The van der Waals surface area contributed by atoms with E-state index in [1.807, 2.05) is 0 Å². The number of hydrogen-bond donors (Lipinski definition) is 1. The Morgan fingerprint density at radius 3 is 2.76 bits per heavy atom. The highest BCUT2D eigenvalue weighted by Gasteiger charge is 2.19. The molecule has 0 fully saturated rings. The summed E-state index contributed by atoms with van der Waals surface area (Å²) in [5.74, 6) is -0.655. The number of benzene rings is 1. The van der Waals surface area contributed by atoms with Gasteiger partial charge in [-0.3, -0.25) is 14.9 Å². The molecule has 104 valence electrons. The summed E-state index contributed by atoms with van der Waals surface area (Å²) in [6.07, 6.45) is 2.75. The average Bonchev–Trinajstić information content (AvgIpc) is 2.91. The third kappa shape index (κ3) is 1.98. The first kappa shape index (κ1) is 12.7. The minimum atomic E-state index is -0.655. The summed E-state index contributed by atoms with van der Waals surface area (Å²) in [6.45, 7) is 0. The Kier molecular flexibility index (Phi) is 2.83. The van der Waals surface area contributed by atoms with Crippen molar-refractivity contribution in [1.29, 1.82) is 0 Å². The summed E-state index contributed by atoms with van der Waals surface area (Å²) in [5.41, 5.74) is 6.46. The zero-order valence-electron chi connectivity index (χ0n) is 10.6. The van der Waals surface area contributed by atoms with E-state index in [1.165, 1.54) is 23.0 Å². The van der Waals surface area contributed by atoms with Gasteiger partial charge >= 0.3 is 0 Å². The predicted molar refractivity (Wildman–Crippen MR) is 73.6 cm³/mol. The van der Waals surface area contributed by atoms with Gasteiger partial charge in [0.05, 0.1) is 22.4 Å². The van der Waals surface area contributed by atoms with E-state index >= 15 is 0 Å². The second-order valence-corrected chi connectivity index (χ2v) is 4.26. The number of nitro benzene ring substituents is 1. The van der Waals surface area contributed by atoms with Crippen LogP contribution in [0.3, 0.4) is 0 Å². The largest absolute Gasteiger partial charge is 0.365 e. The lowest BCUT2D eigenvalue weighted by atomic mass is 10.1. The third-order valence-corrected chi connectivity index (χ3v) is 3.04. The maximum absolute atomic E-state index is 11.3. The van der Waals surface area contributed by atoms with E-state index in [0.29, 0.717) is 11.3 Å². The number of aromatic nitrogens is 3. The van der Waals surface area contributed by atoms with Gasteiger partial charge in [-0.05, 0) is 12.1 Å². The second-order valence-electron chi connectivity index (χ2n) is 4.26. The molecule has 0 aliphatic rings. The van der Waals surface area contributed by atoms with Crippen molar-refractivity contribution >= 4 is 17.2 Å². The van der Waals surface area contributed by atoms with Crippen LogP contribution < -0.4 is 5.73 Å². The van der Waals surface area contributed by atoms with E-state index in [9.17, 15) is 14.9 Å². The highest BCUT2D eigenvalue weighted by atomic mass is 16.6. The molecule has 0 unspecified atom stereocenters. The fraction of sp³-hybridized carbons (Fsp3) is 0. The van der Waals surface area contributed by atoms with Crippen LogP contribution in [0.15, 0.2) is 42.7 Å². The smallest absolute Gasteiger partial charge is 0.278 e. The first-order valence-corrected chi connectivity index (χ1v) is 5.96. The van der Waals surface area contributed by atoms with Gasteiger partial charge in [0.2, 0.25) is 0 Å². The number of rotatable bonds is 3. The number of nitro groups is 1. The Morgan fingerprint density at radius 1 is 1.29 bits per heavy atom. The molecule has 2 heterocycles. The Hall–Kier alpha value is -3.29. The van der Waals surface area contributed by atoms with Crippen LogP contribution in [0.4, 0.5) is 5.69 Å². The van der Waals surface area contributed by atoms with Crippen molar-refractivity contribution in [3.8, 4) is 11.3 Å². The fourth-order valence-electron chi connectivity index (χ4n) is 2.12. The number of nitrogens with two attached hydrogens (primary N) is 1. The van der Waals surface area contributed by atoms with Gasteiger partial charge in [-0.2, -0.15) is 5.10 Å². The van der Waals surface area contributed by atoms with Gasteiger partial charge in [0, 0.05) is 12.3 Å². The van der Waals surface area contributed by atoms with Gasteiger partial charge in [-0.25, -0.2) is 9.50 Å². The molecule has 0 atom stereocenters. The first-order valence-electron chi connectivity index (χ1n) is 5.96. The lowest BCUT2D eigenvalue weighted by Gasteiger charge is -2.05. The van der Waals surface area contributed by atoms with Gasteiger partial charge in [0.15, 0.2) is 5.65 Å². The molecular formula is C13H9N5O3. The highest BCUT2D eigenvalue weighted by Crippen LogP contribution is 2.29. The van der Waals surface area contributed by atoms with E-state index in [2.05, 4.69) is 10.1 Å². The van der Waals surface area contributed by atoms with Gasteiger partial charge in [-0.15, -0.1) is 0 Å². The lowest BCUT2D eigenvalue weighted by Crippen LogP contribution is -2.11. The summed E-state index contributed by atoms with van der Waals surface area (Å²) in [5, 5.41) is 15.2. The van der Waals surface area contributed by atoms with Crippen molar-refractivity contribution in [1.82, 2.24) is 14.6 Å². The zero-order chi connectivity index (χ0) is 15.0. The number of fused-ring (bicyclic) bond motifs is 1. The summed E-state index contributed by atoms with van der Waals surface area (Å²) in [6, 6.07) is 7.87. The van der Waals surface area contributed by atoms with E-state index < -0.39 is 10.8 Å². The Labute approximate surface area is 118 Å². The molecule has 1 aromatic carbocycles. The van der Waals surface area contributed by atoms with E-state index in [1.54, 1.807) is 24.3 Å². The van der Waals surface area contributed by atoms with Crippen LogP contribution in [-0.2, 0) is 0 Å². The minimum Gasteiger partial charge on any atom is -0.365 e. The van der Waals surface area contributed by atoms with E-state index in [4.69, 9.17) is 5.73 Å². The number of carbonyl (C=O) groups excluding carboxylic acids is 1. The number of hydrogen-bond acceptors (Lipinski definition) is 5. The summed E-state index contributed by atoms with van der Waals surface area (Å²) < 4.78 is 1.36. The van der Waals surface area contributed by atoms with Crippen molar-refractivity contribution < 1.29 is 9.72 Å². The highest BCUT2D eigenvalue weighted by molar-refractivity contribution is 5.98. The van der Waals surface area contributed by atoms with Crippen LogP contribution in [0.1, 0.15) is 10.4 Å². The van der Waals surface area contributed by atoms with Gasteiger partial charge in [0.25, 0.3) is 11.6 Å². The number of primary amides is 1. The molecule has 0 aliphatic carbocycles. The maximum atomic E-state index is 11.3. The maximum Gasteiger partial charge on any atom is 0.278 e. The third-order valence-electron chi connectivity index (χ3n) is 3.04. The first-order chi connectivity index (χ1) is 10.1. The molecule has 0 radical (unpaired) electrons. The van der Waals surface area contributed by atoms with Crippen LogP contribution in [0.5, 0.6) is 0 Å². The zero-order valence-corrected chi connectivity index (χ0v) is 10.6. The van der Waals surface area contributed by atoms with Crippen molar-refractivity contribution in [2.24, 2.45) is 5.73 Å². The van der Waals surface area contributed by atoms with Gasteiger partial charge in [-0.1, -0.05) is 12.1 Å². The van der Waals surface area contributed by atoms with E-state index in [0.717, 1.165) is 0 Å². The molecule has 3 aromatic rings. The fourth-order valence-corrected chi connectivity index (χ4v) is 2.12. The van der Waals surface area contributed by atoms with Crippen LogP contribution in [-0.4, -0.2) is 25.4 Å². The van der Waals surface area contributed by atoms with Crippen LogP contribution in [0, 0.1) is 10.1 Å². The van der Waals surface area contributed by atoms with Crippen molar-refractivity contribution in [3.05, 3.63) is 58.4 Å². The van der Waals surface area contributed by atoms with Crippen molar-refractivity contribution in [2.75, 3.05) is 0 Å². The molecule has 0 bridgehead atoms. The quantitative estimate of drug-likeness (QED) is 0.576. The molecule has 8 nitrogen and oxygen atoms in total. The van der Waals surface area contributed by atoms with Crippen LogP contribution in [0.25, 0.3) is 16.9 Å². The molecular weight excluding hydrogens is 274 g/mol. The summed E-state index contributed by atoms with van der Waals surface area (Å²) in [4.78, 5) is 26.0.